The molecule has 1 saturated carbocycles. The molecule has 1 aromatic carbocycles. The summed E-state index contributed by atoms with van der Waals surface area (Å²) in [5.74, 6) is -0.245. The molecular formula is C14H17O2. The van der Waals surface area contributed by atoms with Crippen molar-refractivity contribution in [2.75, 3.05) is 0 Å². The largest absolute Gasteiger partial charge is 0.456 e. The van der Waals surface area contributed by atoms with Crippen LogP contribution in [0.15, 0.2) is 24.3 Å². The Morgan fingerprint density at radius 2 is 2.06 bits per heavy atom. The molecule has 85 valence electrons. The van der Waals surface area contributed by atoms with E-state index < -0.39 is 0 Å². The van der Waals surface area contributed by atoms with Crippen LogP contribution in [-0.2, 0) is 4.74 Å². The molecule has 0 atom stereocenters. The van der Waals surface area contributed by atoms with Crippen molar-refractivity contribution in [1.29, 1.82) is 0 Å². The van der Waals surface area contributed by atoms with Gasteiger partial charge < -0.3 is 4.74 Å². The second-order valence-corrected chi connectivity index (χ2v) is 4.68. The van der Waals surface area contributed by atoms with Crippen molar-refractivity contribution < 1.29 is 9.53 Å². The van der Waals surface area contributed by atoms with Crippen LogP contribution in [0.3, 0.4) is 0 Å². The average molecular weight is 217 g/mol. The Bertz CT molecular complexity index is 350. The van der Waals surface area contributed by atoms with E-state index in [1.54, 1.807) is 12.1 Å². The van der Waals surface area contributed by atoms with Gasteiger partial charge in [0.1, 0.15) is 5.60 Å². The van der Waals surface area contributed by atoms with Gasteiger partial charge in [0.05, 0.1) is 5.56 Å². The number of rotatable bonds is 2. The Morgan fingerprint density at radius 1 is 1.31 bits per heavy atom. The fraction of sp³-hybridized carbons (Fsp3) is 0.500. The van der Waals surface area contributed by atoms with Crippen molar-refractivity contribution in [1.82, 2.24) is 0 Å². The maximum absolute atomic E-state index is 11.9. The third-order valence-electron chi connectivity index (χ3n) is 3.18. The van der Waals surface area contributed by atoms with Gasteiger partial charge in [-0.1, -0.05) is 24.6 Å². The summed E-state index contributed by atoms with van der Waals surface area (Å²) in [5, 5.41) is 0. The summed E-state index contributed by atoms with van der Waals surface area (Å²) in [6.45, 7) is 2.03. The first-order chi connectivity index (χ1) is 7.70. The quantitative estimate of drug-likeness (QED) is 0.710. The van der Waals surface area contributed by atoms with Crippen molar-refractivity contribution in [2.24, 2.45) is 0 Å². The van der Waals surface area contributed by atoms with Gasteiger partial charge >= 0.3 is 5.97 Å². The fourth-order valence-corrected chi connectivity index (χ4v) is 2.20. The van der Waals surface area contributed by atoms with Gasteiger partial charge in [-0.25, -0.2) is 4.79 Å². The lowest BCUT2D eigenvalue weighted by Crippen LogP contribution is -2.33. The fourth-order valence-electron chi connectivity index (χ4n) is 2.20. The minimum Gasteiger partial charge on any atom is -0.456 e. The van der Waals surface area contributed by atoms with Crippen molar-refractivity contribution in [3.05, 3.63) is 35.9 Å². The van der Waals surface area contributed by atoms with Crippen molar-refractivity contribution in [2.45, 2.75) is 44.6 Å². The highest BCUT2D eigenvalue weighted by atomic mass is 16.6. The molecule has 0 bridgehead atoms. The molecule has 1 aliphatic rings. The summed E-state index contributed by atoms with van der Waals surface area (Å²) in [5.41, 5.74) is 0.258. The Morgan fingerprint density at radius 3 is 2.69 bits per heavy atom. The summed E-state index contributed by atoms with van der Waals surface area (Å²) >= 11 is 0. The highest BCUT2D eigenvalue weighted by molar-refractivity contribution is 5.89. The smallest absolute Gasteiger partial charge is 0.339 e. The summed E-state index contributed by atoms with van der Waals surface area (Å²) in [6.07, 6.45) is 5.52. The molecule has 1 aliphatic carbocycles. The van der Waals surface area contributed by atoms with E-state index in [0.29, 0.717) is 5.56 Å². The Hall–Kier alpha value is -1.31. The van der Waals surface area contributed by atoms with Crippen LogP contribution in [0.5, 0.6) is 0 Å². The molecule has 1 fully saturated rings. The number of hydrogen-bond donors (Lipinski definition) is 0. The van der Waals surface area contributed by atoms with Gasteiger partial charge in [-0.05, 0) is 44.7 Å². The van der Waals surface area contributed by atoms with Crippen LogP contribution in [0, 0.1) is 6.07 Å². The number of carbonyl (C=O) groups is 1. The molecule has 1 radical (unpaired) electrons. The first kappa shape index (κ1) is 11.2. The number of hydrogen-bond acceptors (Lipinski definition) is 2. The topological polar surface area (TPSA) is 26.3 Å². The number of benzene rings is 1. The molecule has 0 amide bonds. The summed E-state index contributed by atoms with van der Waals surface area (Å²) in [6, 6.07) is 10.1. The lowest BCUT2D eigenvalue weighted by Gasteiger charge is -2.33. The van der Waals surface area contributed by atoms with E-state index in [4.69, 9.17) is 4.74 Å². The van der Waals surface area contributed by atoms with Gasteiger partial charge in [0.15, 0.2) is 0 Å². The summed E-state index contributed by atoms with van der Waals surface area (Å²) in [4.78, 5) is 11.9. The predicted octanol–water partition coefficient (Wildman–Crippen LogP) is 3.37. The van der Waals surface area contributed by atoms with E-state index in [9.17, 15) is 4.79 Å². The van der Waals surface area contributed by atoms with E-state index in [-0.39, 0.29) is 11.6 Å². The second kappa shape index (κ2) is 4.69. The molecule has 0 unspecified atom stereocenters. The lowest BCUT2D eigenvalue weighted by molar-refractivity contribution is -0.0269. The standard InChI is InChI=1S/C14H17O2/c1-14(10-6-3-7-11-14)16-13(15)12-8-4-2-5-9-12/h2,4-5,8H,3,6-7,10-11H2,1H3. The molecule has 0 aliphatic heterocycles. The number of esters is 1. The van der Waals surface area contributed by atoms with Gasteiger partial charge in [0.25, 0.3) is 0 Å². The zero-order valence-corrected chi connectivity index (χ0v) is 9.66. The van der Waals surface area contributed by atoms with Gasteiger partial charge in [-0.2, -0.15) is 0 Å². The van der Waals surface area contributed by atoms with Crippen molar-refractivity contribution >= 4 is 5.97 Å². The average Bonchev–Trinajstić information content (AvgIpc) is 2.30. The molecule has 0 N–H and O–H groups in total. The molecule has 2 nitrogen and oxygen atoms in total. The minimum absolute atomic E-state index is 0.245. The van der Waals surface area contributed by atoms with Gasteiger partial charge in [-0.3, -0.25) is 0 Å². The molecule has 1 aromatic rings. The molecule has 0 heterocycles. The SMILES string of the molecule is CC1(OC(=O)c2[c]cccc2)CCCCC1. The van der Waals surface area contributed by atoms with E-state index in [2.05, 4.69) is 6.07 Å². The zero-order valence-electron chi connectivity index (χ0n) is 9.66. The Labute approximate surface area is 96.6 Å². The molecule has 2 rings (SSSR count). The third kappa shape index (κ3) is 2.63. The molecule has 0 aromatic heterocycles. The first-order valence-electron chi connectivity index (χ1n) is 5.90. The summed E-state index contributed by atoms with van der Waals surface area (Å²) < 4.78 is 5.59. The van der Waals surface area contributed by atoms with Crippen LogP contribution >= 0.6 is 0 Å². The number of ether oxygens (including phenoxy) is 1. The van der Waals surface area contributed by atoms with Crippen LogP contribution in [0.1, 0.15) is 49.4 Å². The number of carbonyl (C=O) groups excluding carboxylic acids is 1. The van der Waals surface area contributed by atoms with Crippen LogP contribution in [0.4, 0.5) is 0 Å². The lowest BCUT2D eigenvalue weighted by atomic mass is 9.86. The van der Waals surface area contributed by atoms with Crippen molar-refractivity contribution in [3.63, 3.8) is 0 Å². The maximum atomic E-state index is 11.9. The highest BCUT2D eigenvalue weighted by Crippen LogP contribution is 2.31. The summed E-state index contributed by atoms with van der Waals surface area (Å²) in [7, 11) is 0. The maximum Gasteiger partial charge on any atom is 0.339 e. The first-order valence-corrected chi connectivity index (χ1v) is 5.90. The molecular weight excluding hydrogens is 200 g/mol. The minimum atomic E-state index is -0.265. The van der Waals surface area contributed by atoms with Gasteiger partial charge in [0, 0.05) is 0 Å². The predicted molar refractivity (Wildman–Crippen MR) is 62.2 cm³/mol. The highest BCUT2D eigenvalue weighted by Gasteiger charge is 2.30. The Kier molecular flexibility index (Phi) is 3.28. The Balaban J connectivity index is 2.01. The molecule has 0 saturated heterocycles. The van der Waals surface area contributed by atoms with E-state index in [1.165, 1.54) is 6.42 Å². The molecule has 16 heavy (non-hydrogen) atoms. The van der Waals surface area contributed by atoms with Crippen molar-refractivity contribution in [3.8, 4) is 0 Å². The van der Waals surface area contributed by atoms with Crippen LogP contribution in [-0.4, -0.2) is 11.6 Å². The second-order valence-electron chi connectivity index (χ2n) is 4.68. The van der Waals surface area contributed by atoms with Gasteiger partial charge in [0.2, 0.25) is 0 Å². The van der Waals surface area contributed by atoms with Crippen LogP contribution in [0.2, 0.25) is 0 Å². The van der Waals surface area contributed by atoms with E-state index >= 15 is 0 Å². The van der Waals surface area contributed by atoms with Crippen LogP contribution in [0.25, 0.3) is 0 Å². The van der Waals surface area contributed by atoms with E-state index in [1.807, 2.05) is 19.1 Å². The molecule has 2 heteroatoms. The molecule has 0 spiro atoms. The zero-order chi connectivity index (χ0) is 11.4. The van der Waals surface area contributed by atoms with E-state index in [0.717, 1.165) is 25.7 Å². The monoisotopic (exact) mass is 217 g/mol. The van der Waals surface area contributed by atoms with Gasteiger partial charge in [-0.15, -0.1) is 0 Å². The van der Waals surface area contributed by atoms with Crippen LogP contribution < -0.4 is 0 Å². The normalized spacial score (nSPS) is 19.1. The third-order valence-corrected chi connectivity index (χ3v) is 3.18.